The number of imidazole rings is 1. The first-order chi connectivity index (χ1) is 14.9. The zero-order chi connectivity index (χ0) is 21.6. The summed E-state index contributed by atoms with van der Waals surface area (Å²) in [6.45, 7) is 0. The maximum absolute atomic E-state index is 13.0. The van der Waals surface area contributed by atoms with E-state index in [0.717, 1.165) is 29.4 Å². The molecule has 2 N–H and O–H groups in total. The van der Waals surface area contributed by atoms with Gasteiger partial charge in [-0.2, -0.15) is 21.9 Å². The Morgan fingerprint density at radius 1 is 1.00 bits per heavy atom. The van der Waals surface area contributed by atoms with Crippen LogP contribution in [0.25, 0.3) is 22.1 Å². The Morgan fingerprint density at radius 2 is 1.81 bits per heavy atom. The predicted octanol–water partition coefficient (Wildman–Crippen LogP) is 6.88. The molecule has 0 saturated heterocycles. The maximum atomic E-state index is 13.0. The summed E-state index contributed by atoms with van der Waals surface area (Å²) in [5.41, 5.74) is 2.07. The molecule has 0 spiro atoms. The number of alkyl halides is 3. The second-order valence-corrected chi connectivity index (χ2v) is 7.96. The van der Waals surface area contributed by atoms with Crippen molar-refractivity contribution in [2.24, 2.45) is 0 Å². The Balaban J connectivity index is 1.36. The van der Waals surface area contributed by atoms with Gasteiger partial charge in [-0.3, -0.25) is 0 Å². The van der Waals surface area contributed by atoms with E-state index in [4.69, 9.17) is 4.74 Å². The van der Waals surface area contributed by atoms with Crippen molar-refractivity contribution < 1.29 is 17.9 Å². The fraction of sp³-hybridized carbons (Fsp3) is 0.0500. The van der Waals surface area contributed by atoms with Crippen molar-refractivity contribution in [3.8, 4) is 11.5 Å². The molecule has 6 nitrogen and oxygen atoms in total. The summed E-state index contributed by atoms with van der Waals surface area (Å²) in [6, 6.07) is 14.7. The van der Waals surface area contributed by atoms with Crippen molar-refractivity contribution in [1.29, 1.82) is 0 Å². The highest BCUT2D eigenvalue weighted by Crippen LogP contribution is 2.35. The number of ether oxygens (including phenoxy) is 1. The Morgan fingerprint density at radius 3 is 2.58 bits per heavy atom. The Bertz CT molecular complexity index is 1400. The van der Waals surface area contributed by atoms with Crippen molar-refractivity contribution >= 4 is 61.4 Å². The van der Waals surface area contributed by atoms with Gasteiger partial charge in [0.1, 0.15) is 22.3 Å². The molecule has 0 fully saturated rings. The number of nitrogens with zero attached hydrogens (tertiary/aromatic N) is 3. The normalized spacial score (nSPS) is 11.9. The SMILES string of the molecule is FC(F)(F)c1cc(Br)c2nc(Nc3ccc(Oc4cccc5nsnc45)cc3)[nH]c2c1. The predicted molar refractivity (Wildman–Crippen MR) is 116 cm³/mol. The molecule has 2 heterocycles. The molecular weight excluding hydrogens is 495 g/mol. The molecule has 156 valence electrons. The Labute approximate surface area is 185 Å². The van der Waals surface area contributed by atoms with Crippen LogP contribution in [0.4, 0.5) is 24.8 Å². The Hall–Kier alpha value is -3.18. The third kappa shape index (κ3) is 3.93. The van der Waals surface area contributed by atoms with Crippen molar-refractivity contribution in [3.63, 3.8) is 0 Å². The molecule has 31 heavy (non-hydrogen) atoms. The average molecular weight is 506 g/mol. The first kappa shape index (κ1) is 19.8. The summed E-state index contributed by atoms with van der Waals surface area (Å²) >= 11 is 4.28. The Kier molecular flexibility index (Phi) is 4.78. The van der Waals surface area contributed by atoms with Gasteiger partial charge in [0.2, 0.25) is 5.95 Å². The number of nitrogens with one attached hydrogen (secondary N) is 2. The molecule has 2 aromatic heterocycles. The van der Waals surface area contributed by atoms with E-state index in [-0.39, 0.29) is 9.99 Å². The topological polar surface area (TPSA) is 75.7 Å². The summed E-state index contributed by atoms with van der Waals surface area (Å²) < 4.78 is 53.7. The number of hydrogen-bond donors (Lipinski definition) is 2. The number of H-pyrrole nitrogens is 1. The second-order valence-electron chi connectivity index (χ2n) is 6.58. The van der Waals surface area contributed by atoms with Crippen molar-refractivity contribution in [1.82, 2.24) is 18.7 Å². The van der Waals surface area contributed by atoms with Crippen LogP contribution < -0.4 is 10.1 Å². The first-order valence-electron chi connectivity index (χ1n) is 8.89. The smallest absolute Gasteiger partial charge is 0.416 e. The van der Waals surface area contributed by atoms with Crippen molar-refractivity contribution in [2.45, 2.75) is 6.18 Å². The number of anilines is 2. The van der Waals surface area contributed by atoms with Crippen LogP contribution >= 0.6 is 27.7 Å². The fourth-order valence-corrected chi connectivity index (χ4v) is 4.12. The van der Waals surface area contributed by atoms with Gasteiger partial charge < -0.3 is 15.0 Å². The lowest BCUT2D eigenvalue weighted by atomic mass is 10.2. The standard InChI is InChI=1S/C20H11BrF3N5OS/c21-13-8-10(20(22,23)24)9-15-17(13)27-19(26-15)25-11-4-6-12(7-5-11)30-16-3-1-2-14-18(16)29-31-28-14/h1-9H,(H2,25,26,27). The summed E-state index contributed by atoms with van der Waals surface area (Å²) in [5.74, 6) is 1.53. The molecular formula is C20H11BrF3N5OS. The van der Waals surface area contributed by atoms with Crippen LogP contribution in [0.5, 0.6) is 11.5 Å². The van der Waals surface area contributed by atoms with Gasteiger partial charge in [-0.15, -0.1) is 0 Å². The molecule has 0 aliphatic heterocycles. The van der Waals surface area contributed by atoms with E-state index in [1.54, 1.807) is 24.3 Å². The summed E-state index contributed by atoms with van der Waals surface area (Å²) in [4.78, 5) is 7.19. The van der Waals surface area contributed by atoms with Crippen LogP contribution in [0, 0.1) is 0 Å². The van der Waals surface area contributed by atoms with E-state index in [0.29, 0.717) is 34.2 Å². The van der Waals surface area contributed by atoms with Gasteiger partial charge in [-0.1, -0.05) is 6.07 Å². The molecule has 5 aromatic rings. The molecule has 5 rings (SSSR count). The summed E-state index contributed by atoms with van der Waals surface area (Å²) in [5, 5.41) is 3.05. The molecule has 0 saturated carbocycles. The minimum atomic E-state index is -4.44. The number of aromatic nitrogens is 4. The minimum absolute atomic E-state index is 0.260. The highest BCUT2D eigenvalue weighted by molar-refractivity contribution is 9.10. The maximum Gasteiger partial charge on any atom is 0.416 e. The molecule has 3 aromatic carbocycles. The van der Waals surface area contributed by atoms with Gasteiger partial charge in [0.15, 0.2) is 5.75 Å². The molecule has 11 heteroatoms. The van der Waals surface area contributed by atoms with Crippen LogP contribution in [0.15, 0.2) is 59.1 Å². The van der Waals surface area contributed by atoms with E-state index < -0.39 is 11.7 Å². The van der Waals surface area contributed by atoms with Gasteiger partial charge in [-0.25, -0.2) is 4.98 Å². The molecule has 0 aliphatic carbocycles. The van der Waals surface area contributed by atoms with Crippen molar-refractivity contribution in [3.05, 3.63) is 64.6 Å². The molecule has 0 unspecified atom stereocenters. The molecule has 0 atom stereocenters. The number of halogens is 4. The number of benzene rings is 3. The van der Waals surface area contributed by atoms with Gasteiger partial charge >= 0.3 is 6.18 Å². The number of rotatable bonds is 4. The van der Waals surface area contributed by atoms with Crippen LogP contribution in [-0.2, 0) is 6.18 Å². The van der Waals surface area contributed by atoms with E-state index in [1.807, 2.05) is 18.2 Å². The molecule has 0 bridgehead atoms. The monoisotopic (exact) mass is 505 g/mol. The highest BCUT2D eigenvalue weighted by Gasteiger charge is 2.31. The first-order valence-corrected chi connectivity index (χ1v) is 10.4. The van der Waals surface area contributed by atoms with Gasteiger partial charge in [0.05, 0.1) is 22.8 Å². The molecule has 0 aliphatic rings. The molecule has 0 amide bonds. The summed E-state index contributed by atoms with van der Waals surface area (Å²) in [7, 11) is 0. The van der Waals surface area contributed by atoms with E-state index in [2.05, 4.69) is 40.0 Å². The highest BCUT2D eigenvalue weighted by atomic mass is 79.9. The third-order valence-corrected chi connectivity index (χ3v) is 5.61. The van der Waals surface area contributed by atoms with Crippen molar-refractivity contribution in [2.75, 3.05) is 5.32 Å². The number of hydrogen-bond acceptors (Lipinski definition) is 6. The van der Waals surface area contributed by atoms with Crippen LogP contribution in [0.3, 0.4) is 0 Å². The van der Waals surface area contributed by atoms with Gasteiger partial charge in [0, 0.05) is 10.2 Å². The van der Waals surface area contributed by atoms with Crippen LogP contribution in [0.2, 0.25) is 0 Å². The second kappa shape index (κ2) is 7.50. The van der Waals surface area contributed by atoms with Gasteiger partial charge in [-0.05, 0) is 64.5 Å². The minimum Gasteiger partial charge on any atom is -0.455 e. The zero-order valence-electron chi connectivity index (χ0n) is 15.4. The lowest BCUT2D eigenvalue weighted by molar-refractivity contribution is -0.137. The zero-order valence-corrected chi connectivity index (χ0v) is 17.8. The number of aromatic amines is 1. The van der Waals surface area contributed by atoms with E-state index >= 15 is 0 Å². The average Bonchev–Trinajstić information content (AvgIpc) is 3.36. The third-order valence-electron chi connectivity index (χ3n) is 4.46. The lowest BCUT2D eigenvalue weighted by Crippen LogP contribution is -2.04. The van der Waals surface area contributed by atoms with E-state index in [1.165, 1.54) is 0 Å². The fourth-order valence-electron chi connectivity index (χ4n) is 3.03. The lowest BCUT2D eigenvalue weighted by Gasteiger charge is -2.07. The largest absolute Gasteiger partial charge is 0.455 e. The quantitative estimate of drug-likeness (QED) is 0.278. The van der Waals surface area contributed by atoms with Gasteiger partial charge in [0.25, 0.3) is 0 Å². The van der Waals surface area contributed by atoms with E-state index in [9.17, 15) is 13.2 Å². The molecule has 0 radical (unpaired) electrons. The van der Waals surface area contributed by atoms with Crippen LogP contribution in [0.1, 0.15) is 5.56 Å². The number of fused-ring (bicyclic) bond motifs is 2. The van der Waals surface area contributed by atoms with Crippen LogP contribution in [-0.4, -0.2) is 18.7 Å². The summed E-state index contributed by atoms with van der Waals surface area (Å²) in [6.07, 6.45) is -4.44.